The van der Waals surface area contributed by atoms with Crippen molar-refractivity contribution in [1.29, 1.82) is 0 Å². The largest absolute Gasteiger partial charge is 0.309 e. The van der Waals surface area contributed by atoms with E-state index in [1.54, 1.807) is 0 Å². The highest BCUT2D eigenvalue weighted by molar-refractivity contribution is 7.25. The van der Waals surface area contributed by atoms with Crippen LogP contribution in [0.3, 0.4) is 0 Å². The molecule has 0 bridgehead atoms. The Morgan fingerprint density at radius 1 is 0.366 bits per heavy atom. The third-order valence-corrected chi connectivity index (χ3v) is 16.1. The van der Waals surface area contributed by atoms with E-state index in [1.807, 2.05) is 11.3 Å². The third-order valence-electron chi connectivity index (χ3n) is 14.9. The molecule has 0 spiro atoms. The highest BCUT2D eigenvalue weighted by Gasteiger charge is 2.47. The van der Waals surface area contributed by atoms with E-state index in [0.29, 0.717) is 0 Å². The van der Waals surface area contributed by atoms with Gasteiger partial charge in [0, 0.05) is 37.0 Å². The zero-order valence-corrected chi connectivity index (χ0v) is 40.9. The van der Waals surface area contributed by atoms with Crippen molar-refractivity contribution in [2.45, 2.75) is 31.6 Å². The number of rotatable bonds is 8. The normalized spacial score (nSPS) is 12.8. The highest BCUT2D eigenvalue weighted by atomic mass is 32.1. The molecule has 1 aromatic heterocycles. The molecule has 0 radical (unpaired) electrons. The smallest absolute Gasteiger partial charge is 0.0714 e. The standard InChI is InChI=1S/C69H51NS/c1-68(2,3)49-41-36-46(37-42-49)47-38-43-52(44-39-47)70(61-33-19-32-60-67(61)57-28-14-16-31-59(57)69(60,50-21-6-4-7-22-50)51-23-8-5-9-24-51)62-45-40-48-20-10-11-25-53(48)65(62)55-27-13-12-26-54(55)56-30-18-35-64-66(56)58-29-15-17-34-63(58)71-64/h4-45H,1-3H3. The number of nitrogens with zero attached hydrogens (tertiary/aromatic N) is 1. The summed E-state index contributed by atoms with van der Waals surface area (Å²) in [6, 6.07) is 95.2. The molecule has 338 valence electrons. The summed E-state index contributed by atoms with van der Waals surface area (Å²) in [6.07, 6.45) is 0. The average molecular weight is 926 g/mol. The number of hydrogen-bond acceptors (Lipinski definition) is 2. The minimum absolute atomic E-state index is 0.0796. The van der Waals surface area contributed by atoms with E-state index in [4.69, 9.17) is 0 Å². The van der Waals surface area contributed by atoms with Crippen molar-refractivity contribution < 1.29 is 0 Å². The van der Waals surface area contributed by atoms with Gasteiger partial charge in [0.25, 0.3) is 0 Å². The van der Waals surface area contributed by atoms with Gasteiger partial charge in [0.1, 0.15) is 0 Å². The topological polar surface area (TPSA) is 3.24 Å². The Morgan fingerprint density at radius 2 is 0.901 bits per heavy atom. The molecule has 0 amide bonds. The van der Waals surface area contributed by atoms with E-state index in [9.17, 15) is 0 Å². The van der Waals surface area contributed by atoms with Gasteiger partial charge in [-0.3, -0.25) is 0 Å². The summed E-state index contributed by atoms with van der Waals surface area (Å²) in [6.45, 7) is 6.83. The second kappa shape index (κ2) is 17.0. The second-order valence-electron chi connectivity index (χ2n) is 19.9. The van der Waals surface area contributed by atoms with Crippen molar-refractivity contribution in [2.24, 2.45) is 0 Å². The fourth-order valence-electron chi connectivity index (χ4n) is 11.7. The summed E-state index contributed by atoms with van der Waals surface area (Å²) in [4.78, 5) is 2.56. The number of fused-ring (bicyclic) bond motifs is 7. The van der Waals surface area contributed by atoms with E-state index in [1.165, 1.54) is 103 Å². The molecule has 1 aliphatic carbocycles. The van der Waals surface area contributed by atoms with Gasteiger partial charge < -0.3 is 4.90 Å². The van der Waals surface area contributed by atoms with Crippen molar-refractivity contribution in [1.82, 2.24) is 0 Å². The van der Waals surface area contributed by atoms with E-state index >= 15 is 0 Å². The van der Waals surface area contributed by atoms with Gasteiger partial charge in [0.05, 0.1) is 16.8 Å². The second-order valence-corrected chi connectivity index (χ2v) is 21.0. The SMILES string of the molecule is CC(C)(C)c1ccc(-c2ccc(N(c3cccc4c3-c3ccccc3C4(c3ccccc3)c3ccccc3)c3ccc4ccccc4c3-c3ccccc3-c3cccc4sc5ccccc5c34)cc2)cc1. The van der Waals surface area contributed by atoms with Crippen molar-refractivity contribution in [3.8, 4) is 44.5 Å². The third kappa shape index (κ3) is 6.89. The van der Waals surface area contributed by atoms with E-state index < -0.39 is 5.41 Å². The fraction of sp³-hybridized carbons (Fsp3) is 0.0725. The number of hydrogen-bond donors (Lipinski definition) is 0. The molecule has 1 heterocycles. The molecule has 0 N–H and O–H groups in total. The Balaban J connectivity index is 1.11. The van der Waals surface area contributed by atoms with Crippen LogP contribution in [0.5, 0.6) is 0 Å². The van der Waals surface area contributed by atoms with Gasteiger partial charge in [0.2, 0.25) is 0 Å². The van der Waals surface area contributed by atoms with Gasteiger partial charge in [-0.1, -0.05) is 239 Å². The van der Waals surface area contributed by atoms with Crippen molar-refractivity contribution in [3.63, 3.8) is 0 Å². The van der Waals surface area contributed by atoms with Crippen LogP contribution in [0, 0.1) is 0 Å². The lowest BCUT2D eigenvalue weighted by Crippen LogP contribution is -2.28. The van der Waals surface area contributed by atoms with Crippen LogP contribution in [0.25, 0.3) is 75.5 Å². The lowest BCUT2D eigenvalue weighted by molar-refractivity contribution is 0.590. The maximum absolute atomic E-state index is 2.56. The average Bonchev–Trinajstić information content (AvgIpc) is 3.96. The van der Waals surface area contributed by atoms with Gasteiger partial charge >= 0.3 is 0 Å². The van der Waals surface area contributed by atoms with Gasteiger partial charge in [-0.25, -0.2) is 0 Å². The zero-order chi connectivity index (χ0) is 47.7. The minimum Gasteiger partial charge on any atom is -0.309 e. The first-order valence-corrected chi connectivity index (χ1v) is 25.6. The summed E-state index contributed by atoms with van der Waals surface area (Å²) in [5.41, 5.74) is 18.9. The van der Waals surface area contributed by atoms with Gasteiger partial charge in [0.15, 0.2) is 0 Å². The summed E-state index contributed by atoms with van der Waals surface area (Å²) in [5, 5.41) is 5.01. The molecule has 71 heavy (non-hydrogen) atoms. The molecule has 0 aliphatic heterocycles. The van der Waals surface area contributed by atoms with E-state index in [2.05, 4.69) is 280 Å². The van der Waals surface area contributed by atoms with Crippen LogP contribution in [0.4, 0.5) is 17.1 Å². The predicted molar refractivity (Wildman–Crippen MR) is 304 cm³/mol. The lowest BCUT2D eigenvalue weighted by Gasteiger charge is -2.35. The van der Waals surface area contributed by atoms with Gasteiger partial charge in [-0.15, -0.1) is 11.3 Å². The Bertz CT molecular complexity index is 3910. The molecule has 0 fully saturated rings. The Hall–Kier alpha value is -8.30. The van der Waals surface area contributed by atoms with Crippen LogP contribution < -0.4 is 4.90 Å². The monoisotopic (exact) mass is 925 g/mol. The summed E-state index contributed by atoms with van der Waals surface area (Å²) in [7, 11) is 0. The molecule has 0 atom stereocenters. The summed E-state index contributed by atoms with van der Waals surface area (Å²) < 4.78 is 2.60. The van der Waals surface area contributed by atoms with Crippen molar-refractivity contribution in [3.05, 3.63) is 283 Å². The predicted octanol–water partition coefficient (Wildman–Crippen LogP) is 19.3. The molecule has 13 rings (SSSR count). The molecule has 1 nitrogen and oxygen atoms in total. The van der Waals surface area contributed by atoms with E-state index in [-0.39, 0.29) is 5.41 Å². The summed E-state index contributed by atoms with van der Waals surface area (Å²) in [5.74, 6) is 0. The molecular weight excluding hydrogens is 875 g/mol. The minimum atomic E-state index is -0.556. The fourth-order valence-corrected chi connectivity index (χ4v) is 12.8. The van der Waals surface area contributed by atoms with Crippen LogP contribution in [-0.4, -0.2) is 0 Å². The Labute approximate surface area is 420 Å². The highest BCUT2D eigenvalue weighted by Crippen LogP contribution is 2.60. The molecule has 2 heteroatoms. The number of thiophene rings is 1. The molecule has 11 aromatic carbocycles. The first-order valence-electron chi connectivity index (χ1n) is 24.8. The van der Waals surface area contributed by atoms with Crippen molar-refractivity contribution >= 4 is 59.3 Å². The maximum atomic E-state index is 2.56. The first kappa shape index (κ1) is 42.8. The first-order chi connectivity index (χ1) is 34.9. The molecule has 12 aromatic rings. The van der Waals surface area contributed by atoms with Crippen molar-refractivity contribution in [2.75, 3.05) is 4.90 Å². The molecular formula is C69H51NS. The maximum Gasteiger partial charge on any atom is 0.0714 e. The quantitative estimate of drug-likeness (QED) is 0.147. The van der Waals surface area contributed by atoms with Crippen LogP contribution >= 0.6 is 11.3 Å². The molecule has 1 aliphatic rings. The van der Waals surface area contributed by atoms with Crippen LogP contribution in [0.15, 0.2) is 255 Å². The Kier molecular flexibility index (Phi) is 10.2. The van der Waals surface area contributed by atoms with Crippen LogP contribution in [0.2, 0.25) is 0 Å². The number of anilines is 3. The van der Waals surface area contributed by atoms with Gasteiger partial charge in [-0.2, -0.15) is 0 Å². The number of benzene rings is 11. The van der Waals surface area contributed by atoms with Crippen LogP contribution in [-0.2, 0) is 10.8 Å². The molecule has 0 unspecified atom stereocenters. The lowest BCUT2D eigenvalue weighted by atomic mass is 9.68. The summed E-state index contributed by atoms with van der Waals surface area (Å²) >= 11 is 1.87. The molecule has 0 saturated carbocycles. The Morgan fingerprint density at radius 3 is 1.62 bits per heavy atom. The van der Waals surface area contributed by atoms with Crippen LogP contribution in [0.1, 0.15) is 48.6 Å². The zero-order valence-electron chi connectivity index (χ0n) is 40.1. The van der Waals surface area contributed by atoms with Gasteiger partial charge in [-0.05, 0) is 114 Å². The molecule has 0 saturated heterocycles. The van der Waals surface area contributed by atoms with E-state index in [0.717, 1.165) is 17.1 Å².